The van der Waals surface area contributed by atoms with Gasteiger partial charge in [-0.2, -0.15) is 0 Å². The molecular formula is C16H18N3O4S+. The van der Waals surface area contributed by atoms with E-state index in [1.165, 1.54) is 18.4 Å². The van der Waals surface area contributed by atoms with Crippen LogP contribution in [-0.2, 0) is 17.8 Å². The molecule has 24 heavy (non-hydrogen) atoms. The number of aromatic nitrogens is 2. The lowest BCUT2D eigenvalue weighted by molar-refractivity contribution is -0.909. The van der Waals surface area contributed by atoms with Crippen LogP contribution in [0.15, 0.2) is 27.6 Å². The smallest absolute Gasteiger partial charge is 0.348 e. The Labute approximate surface area is 141 Å². The Bertz CT molecular complexity index is 927. The van der Waals surface area contributed by atoms with Crippen molar-refractivity contribution in [2.24, 2.45) is 0 Å². The molecule has 0 bridgehead atoms. The third kappa shape index (κ3) is 3.10. The number of hydrogen-bond donors (Lipinski definition) is 2. The van der Waals surface area contributed by atoms with Crippen LogP contribution in [0.25, 0.3) is 10.2 Å². The van der Waals surface area contributed by atoms with Gasteiger partial charge in [0.25, 0.3) is 5.56 Å². The topological polar surface area (TPSA) is 89.6 Å². The van der Waals surface area contributed by atoms with Gasteiger partial charge < -0.3 is 19.0 Å². The number of ether oxygens (including phenoxy) is 1. The average molecular weight is 348 g/mol. The number of nitrogens with zero attached hydrogens (tertiary/aromatic N) is 1. The Balaban J connectivity index is 1.90. The van der Waals surface area contributed by atoms with Crippen molar-refractivity contribution in [2.45, 2.75) is 20.0 Å². The summed E-state index contributed by atoms with van der Waals surface area (Å²) in [5, 5.41) is 0.452. The van der Waals surface area contributed by atoms with Crippen LogP contribution in [0.1, 0.15) is 26.8 Å². The zero-order valence-electron chi connectivity index (χ0n) is 13.6. The fraction of sp³-hybridized carbons (Fsp3) is 0.312. The Morgan fingerprint density at radius 1 is 1.46 bits per heavy atom. The number of H-pyrrole nitrogens is 1. The van der Waals surface area contributed by atoms with Gasteiger partial charge in [0.2, 0.25) is 0 Å². The number of nitrogens with one attached hydrogen (secondary N) is 2. The van der Waals surface area contributed by atoms with E-state index in [1.807, 2.05) is 19.2 Å². The summed E-state index contributed by atoms with van der Waals surface area (Å²) in [5.41, 5.74) is 0.378. The molecular weight excluding hydrogens is 330 g/mol. The van der Waals surface area contributed by atoms with E-state index in [0.717, 1.165) is 10.7 Å². The van der Waals surface area contributed by atoms with Crippen molar-refractivity contribution >= 4 is 27.5 Å². The van der Waals surface area contributed by atoms with E-state index < -0.39 is 5.97 Å². The summed E-state index contributed by atoms with van der Waals surface area (Å²) in [6.45, 7) is 2.96. The Morgan fingerprint density at radius 2 is 2.25 bits per heavy atom. The first-order valence-corrected chi connectivity index (χ1v) is 8.25. The predicted octanol–water partition coefficient (Wildman–Crippen LogP) is 0.888. The number of carbonyl (C=O) groups is 1. The van der Waals surface area contributed by atoms with E-state index in [1.54, 1.807) is 13.2 Å². The molecule has 1 atom stereocenters. The van der Waals surface area contributed by atoms with Gasteiger partial charge in [-0.25, -0.2) is 9.78 Å². The van der Waals surface area contributed by atoms with Crippen molar-refractivity contribution in [3.05, 3.63) is 50.8 Å². The molecule has 0 aliphatic rings. The van der Waals surface area contributed by atoms with Crippen molar-refractivity contribution in [2.75, 3.05) is 14.2 Å². The standard InChI is InChI=1S/C16H17N3O4S/c1-9-12-14(20)17-11(8-19(2)7-10-5-4-6-23-10)18-15(12)24-13(9)16(21)22-3/h4-6H,7-8H2,1-3H3,(H,17,18,20)/p+1. The van der Waals surface area contributed by atoms with Gasteiger partial charge in [0, 0.05) is 0 Å². The van der Waals surface area contributed by atoms with Gasteiger partial charge >= 0.3 is 5.97 Å². The van der Waals surface area contributed by atoms with Gasteiger partial charge in [-0.3, -0.25) is 4.79 Å². The first-order valence-electron chi connectivity index (χ1n) is 7.44. The van der Waals surface area contributed by atoms with Crippen LogP contribution in [-0.4, -0.2) is 30.1 Å². The number of rotatable bonds is 5. The van der Waals surface area contributed by atoms with Crippen LogP contribution >= 0.6 is 11.3 Å². The molecule has 0 spiro atoms. The summed E-state index contributed by atoms with van der Waals surface area (Å²) < 4.78 is 10.1. The van der Waals surface area contributed by atoms with Gasteiger partial charge in [0.1, 0.15) is 22.8 Å². The van der Waals surface area contributed by atoms with Gasteiger partial charge in [-0.1, -0.05) is 0 Å². The van der Waals surface area contributed by atoms with Crippen molar-refractivity contribution in [1.29, 1.82) is 0 Å². The molecule has 3 aromatic rings. The molecule has 2 N–H and O–H groups in total. The molecule has 126 valence electrons. The number of esters is 1. The number of hydrogen-bond acceptors (Lipinski definition) is 6. The number of quaternary nitrogens is 1. The highest BCUT2D eigenvalue weighted by atomic mass is 32.1. The number of aromatic amines is 1. The minimum atomic E-state index is -0.447. The van der Waals surface area contributed by atoms with Gasteiger partial charge in [0.05, 0.1) is 25.8 Å². The van der Waals surface area contributed by atoms with Crippen LogP contribution in [0.2, 0.25) is 0 Å². The molecule has 0 amide bonds. The Kier molecular flexibility index (Phi) is 4.50. The molecule has 0 aliphatic carbocycles. The number of fused-ring (bicyclic) bond motifs is 1. The minimum Gasteiger partial charge on any atom is -0.465 e. The van der Waals surface area contributed by atoms with Crippen molar-refractivity contribution < 1.29 is 18.8 Å². The summed E-state index contributed by atoms with van der Waals surface area (Å²) in [6.07, 6.45) is 1.64. The minimum absolute atomic E-state index is 0.232. The van der Waals surface area contributed by atoms with Crippen LogP contribution in [0, 0.1) is 6.92 Å². The first kappa shape index (κ1) is 16.4. The van der Waals surface area contributed by atoms with Crippen molar-refractivity contribution in [3.63, 3.8) is 0 Å². The van der Waals surface area contributed by atoms with Crippen LogP contribution < -0.4 is 10.5 Å². The fourth-order valence-corrected chi connectivity index (χ4v) is 3.74. The lowest BCUT2D eigenvalue weighted by Gasteiger charge is -2.11. The Hall–Kier alpha value is -2.45. The van der Waals surface area contributed by atoms with Crippen LogP contribution in [0.4, 0.5) is 0 Å². The molecule has 1 unspecified atom stereocenters. The second kappa shape index (κ2) is 6.58. The predicted molar refractivity (Wildman–Crippen MR) is 89.3 cm³/mol. The van der Waals surface area contributed by atoms with Crippen molar-refractivity contribution in [1.82, 2.24) is 9.97 Å². The van der Waals surface area contributed by atoms with Gasteiger partial charge in [0.15, 0.2) is 11.6 Å². The van der Waals surface area contributed by atoms with Crippen LogP contribution in [0.3, 0.4) is 0 Å². The largest absolute Gasteiger partial charge is 0.465 e. The molecule has 3 aromatic heterocycles. The SMILES string of the molecule is COC(=O)c1sc2nc(C[NH+](C)Cc3ccco3)[nH]c(=O)c2c1C. The maximum absolute atomic E-state index is 12.4. The number of carbonyl (C=O) groups excluding carboxylic acids is 1. The summed E-state index contributed by atoms with van der Waals surface area (Å²) in [4.78, 5) is 33.6. The molecule has 0 radical (unpaired) electrons. The van der Waals surface area contributed by atoms with E-state index in [0.29, 0.717) is 39.6 Å². The lowest BCUT2D eigenvalue weighted by atomic mass is 10.2. The second-order valence-electron chi connectivity index (χ2n) is 5.63. The average Bonchev–Trinajstić information content (AvgIpc) is 3.14. The number of thiophene rings is 1. The van der Waals surface area contributed by atoms with E-state index in [4.69, 9.17) is 9.15 Å². The van der Waals surface area contributed by atoms with Gasteiger partial charge in [-0.15, -0.1) is 11.3 Å². The van der Waals surface area contributed by atoms with E-state index in [2.05, 4.69) is 9.97 Å². The Morgan fingerprint density at radius 3 is 2.92 bits per heavy atom. The fourth-order valence-electron chi connectivity index (χ4n) is 2.62. The van der Waals surface area contributed by atoms with Crippen LogP contribution in [0.5, 0.6) is 0 Å². The highest BCUT2D eigenvalue weighted by Gasteiger charge is 2.20. The maximum atomic E-state index is 12.4. The number of aryl methyl sites for hydroxylation is 1. The molecule has 3 rings (SSSR count). The summed E-state index contributed by atoms with van der Waals surface area (Å²) in [6, 6.07) is 3.76. The highest BCUT2D eigenvalue weighted by molar-refractivity contribution is 7.20. The summed E-state index contributed by atoms with van der Waals surface area (Å²) >= 11 is 1.18. The van der Waals surface area contributed by atoms with E-state index in [-0.39, 0.29) is 5.56 Å². The zero-order chi connectivity index (χ0) is 17.3. The highest BCUT2D eigenvalue weighted by Crippen LogP contribution is 2.27. The number of furan rings is 1. The first-order chi connectivity index (χ1) is 11.5. The quantitative estimate of drug-likeness (QED) is 0.669. The molecule has 0 fully saturated rings. The van der Waals surface area contributed by atoms with E-state index in [9.17, 15) is 9.59 Å². The molecule has 0 aromatic carbocycles. The molecule has 0 saturated carbocycles. The molecule has 0 aliphatic heterocycles. The molecule has 7 nitrogen and oxygen atoms in total. The zero-order valence-corrected chi connectivity index (χ0v) is 14.5. The third-order valence-corrected chi connectivity index (χ3v) is 4.91. The second-order valence-corrected chi connectivity index (χ2v) is 6.63. The lowest BCUT2D eigenvalue weighted by Crippen LogP contribution is -3.06. The molecule has 3 heterocycles. The van der Waals surface area contributed by atoms with Crippen molar-refractivity contribution in [3.8, 4) is 0 Å². The maximum Gasteiger partial charge on any atom is 0.348 e. The van der Waals surface area contributed by atoms with Gasteiger partial charge in [-0.05, 0) is 24.6 Å². The third-order valence-electron chi connectivity index (χ3n) is 3.75. The monoisotopic (exact) mass is 348 g/mol. The summed E-state index contributed by atoms with van der Waals surface area (Å²) in [5.74, 6) is 1.00. The molecule has 8 heteroatoms. The summed E-state index contributed by atoms with van der Waals surface area (Å²) in [7, 11) is 3.31. The molecule has 0 saturated heterocycles. The van der Waals surface area contributed by atoms with E-state index >= 15 is 0 Å². The number of methoxy groups -OCH3 is 1. The normalized spacial score (nSPS) is 12.5.